The van der Waals surface area contributed by atoms with Crippen molar-refractivity contribution in [3.63, 3.8) is 0 Å². The number of rotatable bonds is 13. The molecule has 212 valence electrons. The topological polar surface area (TPSA) is 132 Å². The summed E-state index contributed by atoms with van der Waals surface area (Å²) < 4.78 is 5.59. The smallest absolute Gasteiger partial charge is 0.407 e. The van der Waals surface area contributed by atoms with Crippen LogP contribution in [-0.2, 0) is 20.9 Å². The summed E-state index contributed by atoms with van der Waals surface area (Å²) in [6.45, 7) is 0.643. The molecule has 3 aromatic rings. The molecule has 0 spiro atoms. The number of carbonyl (C=O) groups excluding carboxylic acids is 2. The first-order valence-corrected chi connectivity index (χ1v) is 13.6. The molecule has 3 N–H and O–H groups in total. The van der Waals surface area contributed by atoms with Gasteiger partial charge >= 0.3 is 12.1 Å². The summed E-state index contributed by atoms with van der Waals surface area (Å²) >= 11 is 0. The van der Waals surface area contributed by atoms with Crippen LogP contribution in [0.5, 0.6) is 0 Å². The van der Waals surface area contributed by atoms with Crippen LogP contribution in [0.4, 0.5) is 4.79 Å². The van der Waals surface area contributed by atoms with Gasteiger partial charge in [-0.15, -0.1) is 0 Å². The minimum atomic E-state index is -1.20. The highest BCUT2D eigenvalue weighted by Gasteiger charge is 2.31. The van der Waals surface area contributed by atoms with Gasteiger partial charge in [0.15, 0.2) is 0 Å². The third kappa shape index (κ3) is 7.71. The second-order valence-corrected chi connectivity index (χ2v) is 10.2. The second kappa shape index (κ2) is 14.1. The molecule has 9 heteroatoms. The Hall–Kier alpha value is -4.68. The SMILES string of the molecule is CN(Cc1ccccc1)CC(NC(=O)C(CCCC#N)NC(=O)OCC1c2ccccc2-c2ccccc21)C(=O)O. The van der Waals surface area contributed by atoms with Gasteiger partial charge in [0.25, 0.3) is 0 Å². The molecule has 0 heterocycles. The van der Waals surface area contributed by atoms with E-state index in [0.717, 1.165) is 27.8 Å². The highest BCUT2D eigenvalue weighted by Crippen LogP contribution is 2.44. The molecule has 0 saturated heterocycles. The van der Waals surface area contributed by atoms with Crippen molar-refractivity contribution in [2.45, 2.75) is 43.8 Å². The predicted octanol–water partition coefficient (Wildman–Crippen LogP) is 4.29. The Labute approximate surface area is 239 Å². The lowest BCUT2D eigenvalue weighted by atomic mass is 9.98. The number of nitrogens with zero attached hydrogens (tertiary/aromatic N) is 2. The van der Waals surface area contributed by atoms with Crippen LogP contribution in [-0.4, -0.2) is 60.3 Å². The highest BCUT2D eigenvalue weighted by molar-refractivity contribution is 5.89. The fourth-order valence-corrected chi connectivity index (χ4v) is 5.17. The summed E-state index contributed by atoms with van der Waals surface area (Å²) in [7, 11) is 1.77. The Morgan fingerprint density at radius 1 is 0.927 bits per heavy atom. The van der Waals surface area contributed by atoms with Gasteiger partial charge in [0.2, 0.25) is 5.91 Å². The van der Waals surface area contributed by atoms with Crippen LogP contribution in [0.3, 0.4) is 0 Å². The van der Waals surface area contributed by atoms with Crippen LogP contribution in [0.1, 0.15) is 41.9 Å². The molecule has 0 aliphatic heterocycles. The lowest BCUT2D eigenvalue weighted by molar-refractivity contribution is -0.142. The minimum Gasteiger partial charge on any atom is -0.480 e. The average molecular weight is 555 g/mol. The molecule has 0 aromatic heterocycles. The number of nitrogens with one attached hydrogen (secondary N) is 2. The number of carboxylic acid groups (broad SMARTS) is 1. The number of carbonyl (C=O) groups is 3. The van der Waals surface area contributed by atoms with Crippen LogP contribution < -0.4 is 10.6 Å². The molecular weight excluding hydrogens is 520 g/mol. The van der Waals surface area contributed by atoms with Gasteiger partial charge in [-0.1, -0.05) is 78.9 Å². The standard InChI is InChI=1S/C32H34N4O5/c1-36(19-22-11-3-2-4-12-22)20-29(31(38)39)34-30(37)28(17-9-10-18-33)35-32(40)41-21-27-25-15-7-5-13-23(25)24-14-6-8-16-26(24)27/h2-8,11-16,27-29H,9-10,17,19-21H2,1H3,(H,34,37)(H,35,40)(H,38,39). The average Bonchev–Trinajstić information content (AvgIpc) is 3.29. The maximum Gasteiger partial charge on any atom is 0.407 e. The minimum absolute atomic E-state index is 0.0613. The zero-order chi connectivity index (χ0) is 29.2. The van der Waals surface area contributed by atoms with Gasteiger partial charge in [0.05, 0.1) is 6.07 Å². The summed E-state index contributed by atoms with van der Waals surface area (Å²) in [5, 5.41) is 23.9. The molecule has 4 rings (SSSR count). The van der Waals surface area contributed by atoms with Crippen molar-refractivity contribution in [2.24, 2.45) is 0 Å². The lowest BCUT2D eigenvalue weighted by Gasteiger charge is -2.25. The van der Waals surface area contributed by atoms with Gasteiger partial charge in [-0.2, -0.15) is 5.26 Å². The second-order valence-electron chi connectivity index (χ2n) is 10.2. The van der Waals surface area contributed by atoms with E-state index in [9.17, 15) is 19.5 Å². The number of carboxylic acids is 1. The van der Waals surface area contributed by atoms with E-state index in [4.69, 9.17) is 10.00 Å². The molecule has 3 aromatic carbocycles. The predicted molar refractivity (Wildman–Crippen MR) is 154 cm³/mol. The monoisotopic (exact) mass is 554 g/mol. The number of benzene rings is 3. The number of unbranched alkanes of at least 4 members (excludes halogenated alkanes) is 1. The molecule has 0 bridgehead atoms. The Balaban J connectivity index is 1.38. The van der Waals surface area contributed by atoms with Gasteiger partial charge in [0, 0.05) is 25.4 Å². The molecule has 9 nitrogen and oxygen atoms in total. The van der Waals surface area contributed by atoms with Gasteiger partial charge in [-0.3, -0.25) is 9.69 Å². The third-order valence-electron chi connectivity index (χ3n) is 7.14. The third-order valence-corrected chi connectivity index (χ3v) is 7.14. The molecule has 0 radical (unpaired) electrons. The number of aliphatic carboxylic acids is 1. The molecule has 41 heavy (non-hydrogen) atoms. The molecule has 1 aliphatic rings. The first-order valence-electron chi connectivity index (χ1n) is 13.6. The molecule has 0 fully saturated rings. The first-order chi connectivity index (χ1) is 19.9. The van der Waals surface area contributed by atoms with Crippen LogP contribution >= 0.6 is 0 Å². The summed E-state index contributed by atoms with van der Waals surface area (Å²) in [5.74, 6) is -1.97. The van der Waals surface area contributed by atoms with E-state index < -0.39 is 30.1 Å². The van der Waals surface area contributed by atoms with Crippen molar-refractivity contribution in [1.82, 2.24) is 15.5 Å². The van der Waals surface area contributed by atoms with Crippen molar-refractivity contribution in [2.75, 3.05) is 20.2 Å². The number of likely N-dealkylation sites (N-methyl/N-ethyl adjacent to an activating group) is 1. The van der Waals surface area contributed by atoms with Crippen molar-refractivity contribution >= 4 is 18.0 Å². The summed E-state index contributed by atoms with van der Waals surface area (Å²) in [6.07, 6.45) is -0.0742. The highest BCUT2D eigenvalue weighted by atomic mass is 16.5. The maximum atomic E-state index is 13.2. The summed E-state index contributed by atoms with van der Waals surface area (Å²) in [6, 6.07) is 25.3. The van der Waals surface area contributed by atoms with E-state index in [1.807, 2.05) is 84.9 Å². The largest absolute Gasteiger partial charge is 0.480 e. The van der Waals surface area contributed by atoms with E-state index >= 15 is 0 Å². The van der Waals surface area contributed by atoms with Crippen molar-refractivity contribution < 1.29 is 24.2 Å². The number of hydrogen-bond donors (Lipinski definition) is 3. The Kier molecular flexibility index (Phi) is 10.1. The number of hydrogen-bond acceptors (Lipinski definition) is 6. The van der Waals surface area contributed by atoms with E-state index in [1.54, 1.807) is 11.9 Å². The lowest BCUT2D eigenvalue weighted by Crippen LogP contribution is -2.54. The van der Waals surface area contributed by atoms with Gasteiger partial charge in [-0.05, 0) is 47.7 Å². The summed E-state index contributed by atoms with van der Waals surface area (Å²) in [5.41, 5.74) is 5.34. The summed E-state index contributed by atoms with van der Waals surface area (Å²) in [4.78, 5) is 39.8. The molecular formula is C32H34N4O5. The van der Waals surface area contributed by atoms with Gasteiger partial charge in [0.1, 0.15) is 18.7 Å². The Morgan fingerprint density at radius 3 is 2.15 bits per heavy atom. The Morgan fingerprint density at radius 2 is 1.54 bits per heavy atom. The zero-order valence-corrected chi connectivity index (χ0v) is 23.0. The van der Waals surface area contributed by atoms with Crippen LogP contribution in [0.25, 0.3) is 11.1 Å². The van der Waals surface area contributed by atoms with E-state index in [2.05, 4.69) is 10.6 Å². The van der Waals surface area contributed by atoms with Crippen molar-refractivity contribution in [3.05, 3.63) is 95.6 Å². The number of fused-ring (bicyclic) bond motifs is 3. The first kappa shape index (κ1) is 29.3. The Bertz CT molecular complexity index is 1360. The fourth-order valence-electron chi connectivity index (χ4n) is 5.17. The number of nitriles is 1. The van der Waals surface area contributed by atoms with E-state index in [-0.39, 0.29) is 31.9 Å². The van der Waals surface area contributed by atoms with E-state index in [0.29, 0.717) is 13.0 Å². The molecule has 1 aliphatic carbocycles. The van der Waals surface area contributed by atoms with Gasteiger partial charge in [-0.25, -0.2) is 9.59 Å². The molecule has 2 unspecified atom stereocenters. The normalized spacial score (nSPS) is 13.4. The van der Waals surface area contributed by atoms with E-state index in [1.165, 1.54) is 0 Å². The van der Waals surface area contributed by atoms with Crippen LogP contribution in [0.15, 0.2) is 78.9 Å². The van der Waals surface area contributed by atoms with Crippen molar-refractivity contribution in [1.29, 1.82) is 5.26 Å². The quantitative estimate of drug-likeness (QED) is 0.269. The number of alkyl carbamates (subject to hydrolysis) is 1. The number of amides is 2. The van der Waals surface area contributed by atoms with Crippen LogP contribution in [0.2, 0.25) is 0 Å². The fraction of sp³-hybridized carbons (Fsp3) is 0.312. The molecule has 2 amide bonds. The molecule has 0 saturated carbocycles. The van der Waals surface area contributed by atoms with Crippen LogP contribution in [0, 0.1) is 11.3 Å². The molecule has 2 atom stereocenters. The maximum absolute atomic E-state index is 13.2. The van der Waals surface area contributed by atoms with Gasteiger partial charge < -0.3 is 20.5 Å². The zero-order valence-electron chi connectivity index (χ0n) is 23.0. The number of ether oxygens (including phenoxy) is 1. The van der Waals surface area contributed by atoms with Crippen molar-refractivity contribution in [3.8, 4) is 17.2 Å².